The fourth-order valence-corrected chi connectivity index (χ4v) is 2.36. The molecular formula is C6H13N3OS. The summed E-state index contributed by atoms with van der Waals surface area (Å²) in [7, 11) is 1.78. The standard InChI is InChI=1S/C6H13N3OS/c1-9(6(10)8-7)5-2-3-11-4-5/h5H,2-4,7H2,1H3,(H,8,10). The van der Waals surface area contributed by atoms with E-state index in [0.717, 1.165) is 17.9 Å². The summed E-state index contributed by atoms with van der Waals surface area (Å²) in [5.41, 5.74) is 2.12. The Balaban J connectivity index is 2.39. The molecular weight excluding hydrogens is 162 g/mol. The third kappa shape index (κ3) is 2.00. The number of urea groups is 1. The van der Waals surface area contributed by atoms with Gasteiger partial charge in [0.1, 0.15) is 0 Å². The van der Waals surface area contributed by atoms with Gasteiger partial charge in [0.05, 0.1) is 0 Å². The van der Waals surface area contributed by atoms with Crippen LogP contribution in [0.15, 0.2) is 0 Å². The van der Waals surface area contributed by atoms with Crippen LogP contribution in [0.3, 0.4) is 0 Å². The molecule has 2 amide bonds. The number of carbonyl (C=O) groups is 1. The van der Waals surface area contributed by atoms with Crippen molar-refractivity contribution in [3.63, 3.8) is 0 Å². The van der Waals surface area contributed by atoms with Crippen LogP contribution in [-0.2, 0) is 0 Å². The van der Waals surface area contributed by atoms with Crippen LogP contribution in [0, 0.1) is 0 Å². The Kier molecular flexibility index (Phi) is 3.02. The molecule has 0 saturated carbocycles. The van der Waals surface area contributed by atoms with Gasteiger partial charge in [-0.3, -0.25) is 5.43 Å². The molecule has 1 fully saturated rings. The number of amides is 2. The van der Waals surface area contributed by atoms with E-state index in [2.05, 4.69) is 5.43 Å². The maximum atomic E-state index is 11.0. The zero-order valence-corrected chi connectivity index (χ0v) is 7.36. The van der Waals surface area contributed by atoms with E-state index in [-0.39, 0.29) is 6.03 Å². The molecule has 1 rings (SSSR count). The number of hydrogen-bond acceptors (Lipinski definition) is 3. The first-order valence-corrected chi connectivity index (χ1v) is 4.72. The molecule has 0 aliphatic carbocycles. The molecule has 5 heteroatoms. The number of hydrogen-bond donors (Lipinski definition) is 2. The molecule has 1 aliphatic rings. The number of nitrogens with two attached hydrogens (primary N) is 1. The fraction of sp³-hybridized carbons (Fsp3) is 0.833. The number of hydrazine groups is 1. The largest absolute Gasteiger partial charge is 0.331 e. The van der Waals surface area contributed by atoms with Gasteiger partial charge in [-0.05, 0) is 12.2 Å². The minimum atomic E-state index is -0.197. The van der Waals surface area contributed by atoms with E-state index in [9.17, 15) is 4.79 Å². The van der Waals surface area contributed by atoms with Crippen molar-refractivity contribution in [3.05, 3.63) is 0 Å². The molecule has 0 aromatic rings. The monoisotopic (exact) mass is 175 g/mol. The maximum Gasteiger partial charge on any atom is 0.331 e. The van der Waals surface area contributed by atoms with Crippen LogP contribution >= 0.6 is 11.8 Å². The summed E-state index contributed by atoms with van der Waals surface area (Å²) in [6.07, 6.45) is 1.08. The van der Waals surface area contributed by atoms with E-state index in [1.165, 1.54) is 0 Å². The first-order valence-electron chi connectivity index (χ1n) is 3.57. The lowest BCUT2D eigenvalue weighted by Crippen LogP contribution is -2.46. The van der Waals surface area contributed by atoms with Crippen LogP contribution < -0.4 is 11.3 Å². The molecule has 64 valence electrons. The third-order valence-electron chi connectivity index (χ3n) is 1.90. The minimum Gasteiger partial charge on any atom is -0.323 e. The van der Waals surface area contributed by atoms with Crippen molar-refractivity contribution < 1.29 is 4.79 Å². The van der Waals surface area contributed by atoms with E-state index in [1.54, 1.807) is 11.9 Å². The lowest BCUT2D eigenvalue weighted by molar-refractivity contribution is 0.195. The van der Waals surface area contributed by atoms with E-state index in [1.807, 2.05) is 11.8 Å². The van der Waals surface area contributed by atoms with E-state index >= 15 is 0 Å². The molecule has 0 radical (unpaired) electrons. The highest BCUT2D eigenvalue weighted by Crippen LogP contribution is 2.20. The molecule has 1 saturated heterocycles. The van der Waals surface area contributed by atoms with Crippen LogP contribution in [-0.4, -0.2) is 35.5 Å². The second kappa shape index (κ2) is 3.82. The number of nitrogens with one attached hydrogen (secondary N) is 1. The van der Waals surface area contributed by atoms with Gasteiger partial charge in [-0.2, -0.15) is 11.8 Å². The molecule has 3 N–H and O–H groups in total. The van der Waals surface area contributed by atoms with Gasteiger partial charge in [0, 0.05) is 18.8 Å². The Morgan fingerprint density at radius 2 is 2.55 bits per heavy atom. The summed E-state index contributed by atoms with van der Waals surface area (Å²) in [6, 6.07) is 0.168. The predicted octanol–water partition coefficient (Wildman–Crippen LogP) is 0.00700. The molecule has 0 spiro atoms. The topological polar surface area (TPSA) is 58.4 Å². The van der Waals surface area contributed by atoms with Gasteiger partial charge in [0.2, 0.25) is 0 Å². The molecule has 1 aliphatic heterocycles. The van der Waals surface area contributed by atoms with Crippen LogP contribution in [0.5, 0.6) is 0 Å². The van der Waals surface area contributed by atoms with Gasteiger partial charge < -0.3 is 4.90 Å². The number of nitrogens with zero attached hydrogens (tertiary/aromatic N) is 1. The van der Waals surface area contributed by atoms with Crippen molar-refractivity contribution in [2.75, 3.05) is 18.6 Å². The Bertz CT molecular complexity index is 147. The van der Waals surface area contributed by atoms with Crippen molar-refractivity contribution in [2.45, 2.75) is 12.5 Å². The SMILES string of the molecule is CN(C(=O)NN)C1CCSC1. The molecule has 0 aromatic heterocycles. The van der Waals surface area contributed by atoms with Gasteiger partial charge in [-0.25, -0.2) is 10.6 Å². The average Bonchev–Trinajstić information content (AvgIpc) is 2.53. The van der Waals surface area contributed by atoms with E-state index in [0.29, 0.717) is 6.04 Å². The predicted molar refractivity (Wildman–Crippen MR) is 46.2 cm³/mol. The summed E-state index contributed by atoms with van der Waals surface area (Å²) < 4.78 is 0. The quantitative estimate of drug-likeness (QED) is 0.335. The Morgan fingerprint density at radius 3 is 3.00 bits per heavy atom. The highest BCUT2D eigenvalue weighted by atomic mass is 32.2. The van der Waals surface area contributed by atoms with Gasteiger partial charge in [0.25, 0.3) is 0 Å². The summed E-state index contributed by atoms with van der Waals surface area (Å²) in [5.74, 6) is 7.17. The first kappa shape index (κ1) is 8.67. The summed E-state index contributed by atoms with van der Waals surface area (Å²) in [4.78, 5) is 12.6. The smallest absolute Gasteiger partial charge is 0.323 e. The number of thioether (sulfide) groups is 1. The minimum absolute atomic E-state index is 0.197. The Hall–Kier alpha value is -0.420. The molecule has 0 bridgehead atoms. The lowest BCUT2D eigenvalue weighted by Gasteiger charge is -2.22. The Labute approximate surface area is 70.5 Å². The molecule has 4 nitrogen and oxygen atoms in total. The summed E-state index contributed by atoms with van der Waals surface area (Å²) >= 11 is 1.88. The van der Waals surface area contributed by atoms with Gasteiger partial charge >= 0.3 is 6.03 Å². The van der Waals surface area contributed by atoms with E-state index in [4.69, 9.17) is 5.84 Å². The van der Waals surface area contributed by atoms with Crippen LogP contribution in [0.25, 0.3) is 0 Å². The molecule has 1 unspecified atom stereocenters. The second-order valence-corrected chi connectivity index (χ2v) is 3.73. The van der Waals surface area contributed by atoms with Crippen LogP contribution in [0.4, 0.5) is 4.79 Å². The third-order valence-corrected chi connectivity index (χ3v) is 3.04. The second-order valence-electron chi connectivity index (χ2n) is 2.58. The van der Waals surface area contributed by atoms with Gasteiger partial charge in [0.15, 0.2) is 0 Å². The molecule has 1 atom stereocenters. The number of rotatable bonds is 1. The maximum absolute atomic E-state index is 11.0. The lowest BCUT2D eigenvalue weighted by atomic mass is 10.2. The van der Waals surface area contributed by atoms with Crippen molar-refractivity contribution >= 4 is 17.8 Å². The van der Waals surface area contributed by atoms with Crippen molar-refractivity contribution in [3.8, 4) is 0 Å². The fourth-order valence-electron chi connectivity index (χ4n) is 1.10. The zero-order valence-electron chi connectivity index (χ0n) is 6.54. The van der Waals surface area contributed by atoms with E-state index < -0.39 is 0 Å². The summed E-state index contributed by atoms with van der Waals surface area (Å²) in [5, 5.41) is 0. The van der Waals surface area contributed by atoms with Crippen molar-refractivity contribution in [2.24, 2.45) is 5.84 Å². The number of carbonyl (C=O) groups excluding carboxylic acids is 1. The van der Waals surface area contributed by atoms with Gasteiger partial charge in [-0.1, -0.05) is 0 Å². The summed E-state index contributed by atoms with van der Waals surface area (Å²) in [6.45, 7) is 0. The molecule has 11 heavy (non-hydrogen) atoms. The zero-order chi connectivity index (χ0) is 8.27. The van der Waals surface area contributed by atoms with Gasteiger partial charge in [-0.15, -0.1) is 0 Å². The molecule has 1 heterocycles. The first-order chi connectivity index (χ1) is 5.25. The normalized spacial score (nSPS) is 23.3. The average molecular weight is 175 g/mol. The highest BCUT2D eigenvalue weighted by Gasteiger charge is 2.22. The van der Waals surface area contributed by atoms with Crippen molar-refractivity contribution in [1.82, 2.24) is 10.3 Å². The van der Waals surface area contributed by atoms with Crippen LogP contribution in [0.1, 0.15) is 6.42 Å². The van der Waals surface area contributed by atoms with Crippen molar-refractivity contribution in [1.29, 1.82) is 0 Å². The van der Waals surface area contributed by atoms with Crippen LogP contribution in [0.2, 0.25) is 0 Å². The Morgan fingerprint density at radius 1 is 1.82 bits per heavy atom. The highest BCUT2D eigenvalue weighted by molar-refractivity contribution is 7.99. The molecule has 0 aromatic carbocycles.